The third-order valence-electron chi connectivity index (χ3n) is 6.71. The number of likely N-dealkylation sites (tertiary alicyclic amines) is 1. The molecule has 35 heavy (non-hydrogen) atoms. The fourth-order valence-corrected chi connectivity index (χ4v) is 5.02. The van der Waals surface area contributed by atoms with E-state index in [9.17, 15) is 9.59 Å². The van der Waals surface area contributed by atoms with Gasteiger partial charge in [0.25, 0.3) is 5.91 Å². The molecular formula is C27H28ClN3O4. The first-order valence-electron chi connectivity index (χ1n) is 11.9. The Bertz CT molecular complexity index is 1260. The van der Waals surface area contributed by atoms with E-state index in [0.717, 1.165) is 5.56 Å². The van der Waals surface area contributed by atoms with Crippen LogP contribution in [0.2, 0.25) is 5.15 Å². The van der Waals surface area contributed by atoms with Crippen LogP contribution in [0.4, 0.5) is 0 Å². The molecule has 182 valence electrons. The number of ether oxygens (including phenoxy) is 2. The largest absolute Gasteiger partial charge is 0.486 e. The standard InChI is InChI=1S/C27H28ClN3O4/c1-17-3-5-19(6-4-17)16-31-26(28)24(18(2)29-31)27(33)30-11-9-20(10-12-30)25(32)21-7-8-22-23(15-21)35-14-13-34-22/h3-8,15,20H,9-14,16H2,1-2H3. The second-order valence-electron chi connectivity index (χ2n) is 9.18. The minimum atomic E-state index is -0.137. The predicted octanol–water partition coefficient (Wildman–Crippen LogP) is 4.71. The molecule has 2 aliphatic rings. The van der Waals surface area contributed by atoms with Gasteiger partial charge >= 0.3 is 0 Å². The van der Waals surface area contributed by atoms with Crippen molar-refractivity contribution < 1.29 is 19.1 Å². The molecule has 0 bridgehead atoms. The summed E-state index contributed by atoms with van der Waals surface area (Å²) in [6, 6.07) is 13.5. The Labute approximate surface area is 209 Å². The van der Waals surface area contributed by atoms with Crippen LogP contribution in [-0.4, -0.2) is 52.7 Å². The predicted molar refractivity (Wildman–Crippen MR) is 133 cm³/mol. The van der Waals surface area contributed by atoms with E-state index in [1.807, 2.05) is 38.1 Å². The normalized spacial score (nSPS) is 15.8. The number of hydrogen-bond donors (Lipinski definition) is 0. The molecule has 0 saturated carbocycles. The number of Topliss-reactive ketones (excluding diaryl/α,β-unsaturated/α-hetero) is 1. The Morgan fingerprint density at radius 2 is 1.69 bits per heavy atom. The van der Waals surface area contributed by atoms with Gasteiger partial charge in [-0.2, -0.15) is 5.10 Å². The Hall–Kier alpha value is -3.32. The van der Waals surface area contributed by atoms with E-state index >= 15 is 0 Å². The molecule has 3 heterocycles. The average Bonchev–Trinajstić information content (AvgIpc) is 3.16. The lowest BCUT2D eigenvalue weighted by Crippen LogP contribution is -2.40. The first-order valence-corrected chi connectivity index (χ1v) is 12.3. The smallest absolute Gasteiger partial charge is 0.258 e. The zero-order valence-corrected chi connectivity index (χ0v) is 20.7. The van der Waals surface area contributed by atoms with Gasteiger partial charge in [0.05, 0.1) is 17.8 Å². The van der Waals surface area contributed by atoms with Crippen molar-refractivity contribution in [2.75, 3.05) is 26.3 Å². The molecule has 0 aliphatic carbocycles. The van der Waals surface area contributed by atoms with Crippen molar-refractivity contribution in [2.24, 2.45) is 5.92 Å². The van der Waals surface area contributed by atoms with Crippen LogP contribution in [0.1, 0.15) is 50.4 Å². The summed E-state index contributed by atoms with van der Waals surface area (Å²) in [6.45, 7) is 6.34. The first-order chi connectivity index (χ1) is 16.9. The number of fused-ring (bicyclic) bond motifs is 1. The van der Waals surface area contributed by atoms with E-state index in [1.165, 1.54) is 5.56 Å². The van der Waals surface area contributed by atoms with Gasteiger partial charge in [-0.15, -0.1) is 0 Å². The lowest BCUT2D eigenvalue weighted by atomic mass is 9.88. The van der Waals surface area contributed by atoms with E-state index < -0.39 is 0 Å². The monoisotopic (exact) mass is 493 g/mol. The van der Waals surface area contributed by atoms with E-state index in [4.69, 9.17) is 21.1 Å². The van der Waals surface area contributed by atoms with Crippen LogP contribution in [0.3, 0.4) is 0 Å². The summed E-state index contributed by atoms with van der Waals surface area (Å²) < 4.78 is 12.8. The Morgan fingerprint density at radius 3 is 2.40 bits per heavy atom. The van der Waals surface area contributed by atoms with Crippen molar-refractivity contribution in [3.05, 3.63) is 75.6 Å². The number of piperidine rings is 1. The second kappa shape index (κ2) is 9.74. The highest BCUT2D eigenvalue weighted by Crippen LogP contribution is 2.33. The van der Waals surface area contributed by atoms with Crippen molar-refractivity contribution in [1.29, 1.82) is 0 Å². The number of nitrogens with zero attached hydrogens (tertiary/aromatic N) is 3. The van der Waals surface area contributed by atoms with Crippen molar-refractivity contribution in [3.63, 3.8) is 0 Å². The van der Waals surface area contributed by atoms with E-state index in [-0.39, 0.29) is 17.6 Å². The summed E-state index contributed by atoms with van der Waals surface area (Å²) in [4.78, 5) is 28.2. The van der Waals surface area contributed by atoms with E-state index in [2.05, 4.69) is 5.10 Å². The molecule has 0 atom stereocenters. The summed E-state index contributed by atoms with van der Waals surface area (Å²) in [6.07, 6.45) is 1.21. The zero-order valence-electron chi connectivity index (χ0n) is 19.9. The van der Waals surface area contributed by atoms with E-state index in [1.54, 1.807) is 27.8 Å². The number of carbonyl (C=O) groups excluding carboxylic acids is 2. The summed E-state index contributed by atoms with van der Waals surface area (Å²) in [5.74, 6) is 1.09. The lowest BCUT2D eigenvalue weighted by molar-refractivity contribution is 0.0649. The van der Waals surface area contributed by atoms with Crippen LogP contribution >= 0.6 is 11.6 Å². The number of hydrogen-bond acceptors (Lipinski definition) is 5. The maximum Gasteiger partial charge on any atom is 0.258 e. The van der Waals surface area contributed by atoms with Crippen LogP contribution in [0.15, 0.2) is 42.5 Å². The molecule has 1 fully saturated rings. The SMILES string of the molecule is Cc1ccc(Cn2nc(C)c(C(=O)N3CCC(C(=O)c4ccc5c(c4)OCCO5)CC3)c2Cl)cc1. The van der Waals surface area contributed by atoms with Gasteiger partial charge in [-0.25, -0.2) is 4.68 Å². The molecular weight excluding hydrogens is 466 g/mol. The van der Waals surface area contributed by atoms with Gasteiger partial charge in [0.2, 0.25) is 0 Å². The van der Waals surface area contributed by atoms with Crippen molar-refractivity contribution in [2.45, 2.75) is 33.2 Å². The molecule has 0 N–H and O–H groups in total. The number of rotatable bonds is 5. The number of ketones is 1. The van der Waals surface area contributed by atoms with Crippen LogP contribution < -0.4 is 9.47 Å². The number of aryl methyl sites for hydroxylation is 2. The molecule has 2 aromatic carbocycles. The van der Waals surface area contributed by atoms with Gasteiger partial charge in [-0.3, -0.25) is 9.59 Å². The molecule has 3 aromatic rings. The van der Waals surface area contributed by atoms with E-state index in [0.29, 0.717) is 79.2 Å². The summed E-state index contributed by atoms with van der Waals surface area (Å²) >= 11 is 6.62. The summed E-state index contributed by atoms with van der Waals surface area (Å²) in [5.41, 5.74) is 3.92. The fourth-order valence-electron chi connectivity index (χ4n) is 4.70. The highest BCUT2D eigenvalue weighted by Gasteiger charge is 2.31. The second-order valence-corrected chi connectivity index (χ2v) is 9.54. The van der Waals surface area contributed by atoms with Crippen LogP contribution in [-0.2, 0) is 6.54 Å². The van der Waals surface area contributed by atoms with Gasteiger partial charge < -0.3 is 14.4 Å². The quantitative estimate of drug-likeness (QED) is 0.481. The molecule has 0 radical (unpaired) electrons. The number of amides is 1. The lowest BCUT2D eigenvalue weighted by Gasteiger charge is -2.31. The molecule has 5 rings (SSSR count). The van der Waals surface area contributed by atoms with Crippen LogP contribution in [0, 0.1) is 19.8 Å². The maximum absolute atomic E-state index is 13.3. The van der Waals surface area contributed by atoms with Gasteiger partial charge in [0, 0.05) is 24.6 Å². The van der Waals surface area contributed by atoms with Gasteiger partial charge in [0.15, 0.2) is 17.3 Å². The molecule has 0 spiro atoms. The number of aromatic nitrogens is 2. The average molecular weight is 494 g/mol. The third-order valence-corrected chi connectivity index (χ3v) is 7.10. The molecule has 1 amide bonds. The molecule has 8 heteroatoms. The van der Waals surface area contributed by atoms with Gasteiger partial charge in [0.1, 0.15) is 18.4 Å². The van der Waals surface area contributed by atoms with Crippen molar-refractivity contribution in [3.8, 4) is 11.5 Å². The molecule has 1 saturated heterocycles. The molecule has 2 aliphatic heterocycles. The Morgan fingerprint density at radius 1 is 1.00 bits per heavy atom. The fraction of sp³-hybridized carbons (Fsp3) is 0.370. The van der Waals surface area contributed by atoms with Gasteiger partial charge in [-0.05, 0) is 50.5 Å². The Kier molecular flexibility index (Phi) is 6.52. The Balaban J connectivity index is 1.24. The molecule has 1 aromatic heterocycles. The molecule has 7 nitrogen and oxygen atoms in total. The topological polar surface area (TPSA) is 73.7 Å². The zero-order chi connectivity index (χ0) is 24.5. The minimum Gasteiger partial charge on any atom is -0.486 e. The van der Waals surface area contributed by atoms with Crippen molar-refractivity contribution in [1.82, 2.24) is 14.7 Å². The van der Waals surface area contributed by atoms with Crippen LogP contribution in [0.25, 0.3) is 0 Å². The molecule has 0 unspecified atom stereocenters. The van der Waals surface area contributed by atoms with Crippen LogP contribution in [0.5, 0.6) is 11.5 Å². The first kappa shape index (κ1) is 23.4. The maximum atomic E-state index is 13.3. The summed E-state index contributed by atoms with van der Waals surface area (Å²) in [7, 11) is 0. The van der Waals surface area contributed by atoms with Gasteiger partial charge in [-0.1, -0.05) is 41.4 Å². The highest BCUT2D eigenvalue weighted by atomic mass is 35.5. The minimum absolute atomic E-state index is 0.0780. The summed E-state index contributed by atoms with van der Waals surface area (Å²) in [5, 5.41) is 4.87. The number of carbonyl (C=O) groups is 2. The van der Waals surface area contributed by atoms with Crippen molar-refractivity contribution >= 4 is 23.3 Å². The number of benzene rings is 2. The third kappa shape index (κ3) is 4.78. The number of halogens is 1. The highest BCUT2D eigenvalue weighted by molar-refractivity contribution is 6.33.